The summed E-state index contributed by atoms with van der Waals surface area (Å²) in [6.45, 7) is 9.09. The van der Waals surface area contributed by atoms with E-state index in [2.05, 4.69) is 4.90 Å². The lowest BCUT2D eigenvalue weighted by atomic mass is 10.1. The SMILES string of the molecule is CC(=O)O[C@@H]1C[C@H](COC(C)(C)C)N(C)C1. The van der Waals surface area contributed by atoms with Gasteiger partial charge in [0.15, 0.2) is 0 Å². The Kier molecular flexibility index (Phi) is 4.33. The Hall–Kier alpha value is -0.610. The second kappa shape index (κ2) is 5.15. The van der Waals surface area contributed by atoms with E-state index in [1.54, 1.807) is 0 Å². The van der Waals surface area contributed by atoms with Crippen LogP contribution in [-0.2, 0) is 14.3 Å². The second-order valence-electron chi connectivity index (χ2n) is 5.48. The fourth-order valence-electron chi connectivity index (χ4n) is 1.89. The summed E-state index contributed by atoms with van der Waals surface area (Å²) in [5.41, 5.74) is -0.111. The second-order valence-corrected chi connectivity index (χ2v) is 5.48. The molecule has 94 valence electrons. The number of nitrogens with zero attached hydrogens (tertiary/aromatic N) is 1. The Balaban J connectivity index is 2.36. The molecule has 0 aromatic heterocycles. The van der Waals surface area contributed by atoms with Crippen LogP contribution in [0, 0.1) is 0 Å². The molecule has 1 aliphatic rings. The van der Waals surface area contributed by atoms with Gasteiger partial charge in [0.1, 0.15) is 6.10 Å². The number of ether oxygens (including phenoxy) is 2. The van der Waals surface area contributed by atoms with Gasteiger partial charge in [-0.3, -0.25) is 9.69 Å². The average Bonchev–Trinajstić information content (AvgIpc) is 2.40. The lowest BCUT2D eigenvalue weighted by molar-refractivity contribution is -0.145. The molecule has 1 aliphatic heterocycles. The molecule has 0 aromatic rings. The number of rotatable bonds is 3. The molecule has 1 rings (SSSR count). The van der Waals surface area contributed by atoms with Crippen LogP contribution >= 0.6 is 0 Å². The monoisotopic (exact) mass is 229 g/mol. The van der Waals surface area contributed by atoms with Crippen molar-refractivity contribution < 1.29 is 14.3 Å². The van der Waals surface area contributed by atoms with Crippen LogP contribution in [-0.4, -0.2) is 48.8 Å². The minimum atomic E-state index is -0.198. The largest absolute Gasteiger partial charge is 0.461 e. The molecule has 0 aliphatic carbocycles. The molecule has 1 heterocycles. The van der Waals surface area contributed by atoms with Crippen LogP contribution in [0.4, 0.5) is 0 Å². The molecule has 0 spiro atoms. The van der Waals surface area contributed by atoms with E-state index < -0.39 is 0 Å². The van der Waals surface area contributed by atoms with Gasteiger partial charge in [-0.15, -0.1) is 0 Å². The van der Waals surface area contributed by atoms with Crippen LogP contribution in [0.5, 0.6) is 0 Å². The van der Waals surface area contributed by atoms with Crippen molar-refractivity contribution in [2.45, 2.75) is 51.9 Å². The Morgan fingerprint density at radius 1 is 1.44 bits per heavy atom. The van der Waals surface area contributed by atoms with E-state index in [1.807, 2.05) is 27.8 Å². The van der Waals surface area contributed by atoms with E-state index in [-0.39, 0.29) is 17.7 Å². The van der Waals surface area contributed by atoms with Gasteiger partial charge in [-0.1, -0.05) is 0 Å². The molecule has 0 saturated carbocycles. The van der Waals surface area contributed by atoms with E-state index in [0.29, 0.717) is 12.6 Å². The normalized spacial score (nSPS) is 27.1. The summed E-state index contributed by atoms with van der Waals surface area (Å²) in [6.07, 6.45) is 0.891. The lowest BCUT2D eigenvalue weighted by Crippen LogP contribution is -2.33. The predicted octanol–water partition coefficient (Wildman–Crippen LogP) is 1.44. The zero-order valence-corrected chi connectivity index (χ0v) is 10.9. The first-order valence-corrected chi connectivity index (χ1v) is 5.79. The van der Waals surface area contributed by atoms with Gasteiger partial charge < -0.3 is 9.47 Å². The van der Waals surface area contributed by atoms with E-state index in [1.165, 1.54) is 6.92 Å². The van der Waals surface area contributed by atoms with Gasteiger partial charge in [0.05, 0.1) is 12.2 Å². The minimum Gasteiger partial charge on any atom is -0.461 e. The van der Waals surface area contributed by atoms with E-state index in [0.717, 1.165) is 13.0 Å². The third-order valence-electron chi connectivity index (χ3n) is 2.69. The summed E-state index contributed by atoms with van der Waals surface area (Å²) < 4.78 is 11.0. The first kappa shape index (κ1) is 13.5. The minimum absolute atomic E-state index is 0.0241. The van der Waals surface area contributed by atoms with Crippen LogP contribution in [0.2, 0.25) is 0 Å². The van der Waals surface area contributed by atoms with Crippen molar-refractivity contribution in [1.29, 1.82) is 0 Å². The molecule has 16 heavy (non-hydrogen) atoms. The first-order valence-electron chi connectivity index (χ1n) is 5.79. The molecule has 0 unspecified atom stereocenters. The molecular weight excluding hydrogens is 206 g/mol. The first-order chi connectivity index (χ1) is 7.28. The van der Waals surface area contributed by atoms with Crippen molar-refractivity contribution in [3.05, 3.63) is 0 Å². The highest BCUT2D eigenvalue weighted by molar-refractivity contribution is 5.66. The fraction of sp³-hybridized carbons (Fsp3) is 0.917. The van der Waals surface area contributed by atoms with E-state index in [4.69, 9.17) is 9.47 Å². The Morgan fingerprint density at radius 3 is 2.56 bits per heavy atom. The third kappa shape index (κ3) is 4.49. The van der Waals surface area contributed by atoms with Crippen LogP contribution in [0.25, 0.3) is 0 Å². The number of hydrogen-bond acceptors (Lipinski definition) is 4. The zero-order valence-electron chi connectivity index (χ0n) is 10.9. The Bertz CT molecular complexity index is 247. The molecular formula is C12H23NO3. The summed E-state index contributed by atoms with van der Waals surface area (Å²) in [7, 11) is 2.04. The third-order valence-corrected chi connectivity index (χ3v) is 2.69. The quantitative estimate of drug-likeness (QED) is 0.686. The number of likely N-dealkylation sites (N-methyl/N-ethyl adjacent to an activating group) is 1. The number of esters is 1. The fourth-order valence-corrected chi connectivity index (χ4v) is 1.89. The van der Waals surface area contributed by atoms with E-state index in [9.17, 15) is 4.79 Å². The zero-order chi connectivity index (χ0) is 12.3. The van der Waals surface area contributed by atoms with E-state index >= 15 is 0 Å². The van der Waals surface area contributed by atoms with Gasteiger partial charge in [0, 0.05) is 25.9 Å². The Morgan fingerprint density at radius 2 is 2.06 bits per heavy atom. The smallest absolute Gasteiger partial charge is 0.302 e. The molecule has 4 heteroatoms. The van der Waals surface area contributed by atoms with Crippen LogP contribution < -0.4 is 0 Å². The molecule has 0 radical (unpaired) electrons. The van der Waals surface area contributed by atoms with Gasteiger partial charge in [-0.05, 0) is 27.8 Å². The number of carbonyl (C=O) groups is 1. The molecule has 0 aromatic carbocycles. The number of likely N-dealkylation sites (tertiary alicyclic amines) is 1. The molecule has 0 bridgehead atoms. The summed E-state index contributed by atoms with van der Waals surface area (Å²) in [6, 6.07) is 0.351. The topological polar surface area (TPSA) is 38.8 Å². The standard InChI is InChI=1S/C12H23NO3/c1-9(14)16-11-6-10(13(5)7-11)8-15-12(2,3)4/h10-11H,6-8H2,1-5H3/t10-,11-/m1/s1. The average molecular weight is 229 g/mol. The van der Waals surface area contributed by atoms with Gasteiger partial charge in [0.25, 0.3) is 0 Å². The summed E-state index contributed by atoms with van der Waals surface area (Å²) in [5, 5.41) is 0. The summed E-state index contributed by atoms with van der Waals surface area (Å²) in [4.78, 5) is 13.1. The van der Waals surface area contributed by atoms with Crippen molar-refractivity contribution in [2.75, 3.05) is 20.2 Å². The predicted molar refractivity (Wildman–Crippen MR) is 62.3 cm³/mol. The number of carbonyl (C=O) groups excluding carboxylic acids is 1. The van der Waals surface area contributed by atoms with Gasteiger partial charge in [-0.2, -0.15) is 0 Å². The van der Waals surface area contributed by atoms with Crippen LogP contribution in [0.15, 0.2) is 0 Å². The van der Waals surface area contributed by atoms with Crippen LogP contribution in [0.1, 0.15) is 34.1 Å². The Labute approximate surface area is 97.9 Å². The van der Waals surface area contributed by atoms with Crippen molar-refractivity contribution in [2.24, 2.45) is 0 Å². The molecule has 1 fully saturated rings. The van der Waals surface area contributed by atoms with Crippen molar-refractivity contribution in [3.63, 3.8) is 0 Å². The highest BCUT2D eigenvalue weighted by Gasteiger charge is 2.32. The summed E-state index contributed by atoms with van der Waals surface area (Å²) >= 11 is 0. The highest BCUT2D eigenvalue weighted by Crippen LogP contribution is 2.20. The number of hydrogen-bond donors (Lipinski definition) is 0. The van der Waals surface area contributed by atoms with Gasteiger partial charge >= 0.3 is 5.97 Å². The molecule has 4 nitrogen and oxygen atoms in total. The highest BCUT2D eigenvalue weighted by atomic mass is 16.5. The van der Waals surface area contributed by atoms with Crippen molar-refractivity contribution in [1.82, 2.24) is 4.90 Å². The maximum absolute atomic E-state index is 10.9. The van der Waals surface area contributed by atoms with Gasteiger partial charge in [0.2, 0.25) is 0 Å². The molecule has 0 amide bonds. The lowest BCUT2D eigenvalue weighted by Gasteiger charge is -2.25. The maximum atomic E-state index is 10.9. The molecule has 2 atom stereocenters. The van der Waals surface area contributed by atoms with Crippen LogP contribution in [0.3, 0.4) is 0 Å². The molecule has 1 saturated heterocycles. The van der Waals surface area contributed by atoms with Crippen molar-refractivity contribution in [3.8, 4) is 0 Å². The summed E-state index contributed by atoms with van der Waals surface area (Å²) in [5.74, 6) is -0.198. The van der Waals surface area contributed by atoms with Gasteiger partial charge in [-0.25, -0.2) is 0 Å². The maximum Gasteiger partial charge on any atom is 0.302 e. The molecule has 0 N–H and O–H groups in total. The van der Waals surface area contributed by atoms with Crippen molar-refractivity contribution >= 4 is 5.97 Å².